The van der Waals surface area contributed by atoms with Crippen LogP contribution < -0.4 is 9.64 Å². The van der Waals surface area contributed by atoms with Gasteiger partial charge in [-0.1, -0.05) is 37.5 Å². The molecule has 0 saturated carbocycles. The fourth-order valence-corrected chi connectivity index (χ4v) is 3.93. The molecule has 1 unspecified atom stereocenters. The first-order chi connectivity index (χ1) is 16.0. The first kappa shape index (κ1) is 22.4. The fourth-order valence-electron chi connectivity index (χ4n) is 3.93. The number of aliphatic hydroxyl groups is 1. The zero-order valence-electron chi connectivity index (χ0n) is 18.8. The molecule has 33 heavy (non-hydrogen) atoms. The number of hydrogen-bond donors (Lipinski definition) is 1. The van der Waals surface area contributed by atoms with Gasteiger partial charge in [-0.15, -0.1) is 0 Å². The smallest absolute Gasteiger partial charge is 0.300 e. The summed E-state index contributed by atoms with van der Waals surface area (Å²) in [5.41, 5.74) is 2.00. The average molecular weight is 446 g/mol. The van der Waals surface area contributed by atoms with Gasteiger partial charge >= 0.3 is 0 Å². The zero-order valence-corrected chi connectivity index (χ0v) is 18.8. The number of Topliss-reactive ketones (excluding diaryl/α,β-unsaturated/α-hetero) is 1. The molecule has 6 nitrogen and oxygen atoms in total. The lowest BCUT2D eigenvalue weighted by Gasteiger charge is -2.23. The van der Waals surface area contributed by atoms with Crippen LogP contribution in [0.5, 0.6) is 5.75 Å². The van der Waals surface area contributed by atoms with Crippen LogP contribution in [0.4, 0.5) is 5.69 Å². The second-order valence-electron chi connectivity index (χ2n) is 8.10. The average Bonchev–Trinajstić information content (AvgIpc) is 3.44. The number of hydrogen-bond acceptors (Lipinski definition) is 5. The standard InChI is InChI=1S/C27H27NO5/c1-3-4-5-16-32-21-14-10-19(11-15-21)25(29)23-24(22-7-6-17-33-22)28(27(31)26(23)30)20-12-8-18(2)9-13-20/h6-15,17,24,29H,3-5,16H2,1-2H3/b25-23-. The number of aryl methyl sites for hydroxylation is 1. The third-order valence-electron chi connectivity index (χ3n) is 5.71. The minimum absolute atomic E-state index is 0.00728. The highest BCUT2D eigenvalue weighted by Gasteiger charge is 2.48. The maximum absolute atomic E-state index is 13.1. The van der Waals surface area contributed by atoms with Crippen LogP contribution in [0.3, 0.4) is 0 Å². The lowest BCUT2D eigenvalue weighted by molar-refractivity contribution is -0.132. The topological polar surface area (TPSA) is 80.0 Å². The van der Waals surface area contributed by atoms with Crippen molar-refractivity contribution in [1.29, 1.82) is 0 Å². The largest absolute Gasteiger partial charge is 0.507 e. The van der Waals surface area contributed by atoms with Gasteiger partial charge in [0, 0.05) is 11.3 Å². The molecule has 0 spiro atoms. The van der Waals surface area contributed by atoms with Crippen LogP contribution in [-0.4, -0.2) is 23.4 Å². The van der Waals surface area contributed by atoms with Crippen LogP contribution in [0.1, 0.15) is 49.1 Å². The first-order valence-corrected chi connectivity index (χ1v) is 11.2. The molecule has 1 amide bonds. The monoisotopic (exact) mass is 445 g/mol. The summed E-state index contributed by atoms with van der Waals surface area (Å²) >= 11 is 0. The van der Waals surface area contributed by atoms with Crippen LogP contribution in [0.2, 0.25) is 0 Å². The van der Waals surface area contributed by atoms with Crippen LogP contribution in [0.15, 0.2) is 76.9 Å². The SMILES string of the molecule is CCCCCOc1ccc(/C(O)=C2/C(=O)C(=O)N(c3ccc(C)cc3)C2c2ccco2)cc1. The number of ether oxygens (including phenoxy) is 1. The number of furan rings is 1. The number of rotatable bonds is 8. The van der Waals surface area contributed by atoms with E-state index in [0.717, 1.165) is 24.8 Å². The van der Waals surface area contributed by atoms with Gasteiger partial charge in [-0.2, -0.15) is 0 Å². The van der Waals surface area contributed by atoms with Gasteiger partial charge in [0.25, 0.3) is 11.7 Å². The Hall–Kier alpha value is -3.80. The Morgan fingerprint density at radius 3 is 2.39 bits per heavy atom. The molecule has 1 aromatic heterocycles. The Balaban J connectivity index is 1.70. The Morgan fingerprint density at radius 1 is 1.03 bits per heavy atom. The normalized spacial score (nSPS) is 17.5. The molecule has 1 atom stereocenters. The van der Waals surface area contributed by atoms with Crippen molar-refractivity contribution in [2.45, 2.75) is 39.2 Å². The van der Waals surface area contributed by atoms with Gasteiger partial charge in [0.2, 0.25) is 0 Å². The molecule has 1 N–H and O–H groups in total. The predicted molar refractivity (Wildman–Crippen MR) is 126 cm³/mol. The van der Waals surface area contributed by atoms with Crippen LogP contribution in [0.25, 0.3) is 5.76 Å². The molecular weight excluding hydrogens is 418 g/mol. The van der Waals surface area contributed by atoms with Crippen molar-refractivity contribution < 1.29 is 23.8 Å². The van der Waals surface area contributed by atoms with E-state index in [9.17, 15) is 14.7 Å². The Bertz CT molecular complexity index is 1140. The number of nitrogens with zero attached hydrogens (tertiary/aromatic N) is 1. The zero-order chi connectivity index (χ0) is 23.4. The molecule has 170 valence electrons. The lowest BCUT2D eigenvalue weighted by atomic mass is 9.99. The molecule has 0 bridgehead atoms. The Morgan fingerprint density at radius 2 is 1.76 bits per heavy atom. The Kier molecular flexibility index (Phi) is 6.63. The van der Waals surface area contributed by atoms with E-state index in [-0.39, 0.29) is 11.3 Å². The summed E-state index contributed by atoms with van der Waals surface area (Å²) in [6.07, 6.45) is 4.68. The van der Waals surface area contributed by atoms with E-state index in [4.69, 9.17) is 9.15 Å². The van der Waals surface area contributed by atoms with E-state index < -0.39 is 17.7 Å². The molecule has 3 aromatic rings. The van der Waals surface area contributed by atoms with Crippen molar-refractivity contribution in [1.82, 2.24) is 0 Å². The number of carbonyl (C=O) groups is 2. The second kappa shape index (κ2) is 9.77. The third kappa shape index (κ3) is 4.55. The van der Waals surface area contributed by atoms with Crippen LogP contribution in [-0.2, 0) is 9.59 Å². The van der Waals surface area contributed by atoms with Gasteiger partial charge in [-0.25, -0.2) is 0 Å². The predicted octanol–water partition coefficient (Wildman–Crippen LogP) is 5.78. The number of amides is 1. The van der Waals surface area contributed by atoms with Crippen molar-refractivity contribution in [2.75, 3.05) is 11.5 Å². The lowest BCUT2D eigenvalue weighted by Crippen LogP contribution is -2.29. The van der Waals surface area contributed by atoms with E-state index in [2.05, 4.69) is 6.92 Å². The van der Waals surface area contributed by atoms with E-state index in [1.165, 1.54) is 11.2 Å². The summed E-state index contributed by atoms with van der Waals surface area (Å²) in [6, 6.07) is 16.7. The maximum Gasteiger partial charge on any atom is 0.300 e. The van der Waals surface area contributed by atoms with Gasteiger partial charge < -0.3 is 14.3 Å². The molecule has 4 rings (SSSR count). The minimum Gasteiger partial charge on any atom is -0.507 e. The van der Waals surface area contributed by atoms with Crippen molar-refractivity contribution in [3.63, 3.8) is 0 Å². The highest BCUT2D eigenvalue weighted by molar-refractivity contribution is 6.51. The maximum atomic E-state index is 13.1. The van der Waals surface area contributed by atoms with Crippen molar-refractivity contribution in [3.05, 3.63) is 89.4 Å². The number of benzene rings is 2. The first-order valence-electron chi connectivity index (χ1n) is 11.2. The number of aliphatic hydroxyl groups excluding tert-OH is 1. The van der Waals surface area contributed by atoms with Gasteiger partial charge in [-0.3, -0.25) is 14.5 Å². The summed E-state index contributed by atoms with van der Waals surface area (Å²) in [6.45, 7) is 4.70. The molecule has 0 aliphatic carbocycles. The number of ketones is 1. The molecule has 0 radical (unpaired) electrons. The van der Waals surface area contributed by atoms with Crippen LogP contribution >= 0.6 is 0 Å². The second-order valence-corrected chi connectivity index (χ2v) is 8.10. The van der Waals surface area contributed by atoms with Crippen LogP contribution in [0, 0.1) is 6.92 Å². The molecule has 1 aliphatic rings. The molecule has 2 aromatic carbocycles. The van der Waals surface area contributed by atoms with E-state index in [1.54, 1.807) is 48.5 Å². The van der Waals surface area contributed by atoms with E-state index in [1.807, 2.05) is 19.1 Å². The minimum atomic E-state index is -0.868. The fraction of sp³-hybridized carbons (Fsp3) is 0.259. The van der Waals surface area contributed by atoms with Gasteiger partial charge in [-0.05, 0) is 61.9 Å². The van der Waals surface area contributed by atoms with Gasteiger partial charge in [0.1, 0.15) is 23.3 Å². The summed E-state index contributed by atoms with van der Waals surface area (Å²) in [7, 11) is 0. The third-order valence-corrected chi connectivity index (χ3v) is 5.71. The summed E-state index contributed by atoms with van der Waals surface area (Å²) in [5, 5.41) is 11.1. The molecule has 1 aliphatic heterocycles. The van der Waals surface area contributed by atoms with E-state index >= 15 is 0 Å². The summed E-state index contributed by atoms with van der Waals surface area (Å²) in [5.74, 6) is -0.633. The number of anilines is 1. The van der Waals surface area contributed by atoms with Crippen molar-refractivity contribution in [3.8, 4) is 5.75 Å². The molecule has 1 saturated heterocycles. The summed E-state index contributed by atoms with van der Waals surface area (Å²) in [4.78, 5) is 27.5. The Labute approximate surface area is 193 Å². The number of carbonyl (C=O) groups excluding carboxylic acids is 2. The van der Waals surface area contributed by atoms with Crippen molar-refractivity contribution >= 4 is 23.1 Å². The van der Waals surface area contributed by atoms with Gasteiger partial charge in [0.05, 0.1) is 18.4 Å². The molecule has 1 fully saturated rings. The van der Waals surface area contributed by atoms with Crippen molar-refractivity contribution in [2.24, 2.45) is 0 Å². The molecule has 6 heteroatoms. The highest BCUT2D eigenvalue weighted by Crippen LogP contribution is 2.42. The summed E-state index contributed by atoms with van der Waals surface area (Å²) < 4.78 is 11.3. The van der Waals surface area contributed by atoms with E-state index in [0.29, 0.717) is 29.4 Å². The highest BCUT2D eigenvalue weighted by atomic mass is 16.5. The molecule has 2 heterocycles. The number of unbranched alkanes of at least 4 members (excludes halogenated alkanes) is 2. The molecular formula is C27H27NO5. The quantitative estimate of drug-likeness (QED) is 0.206. The van der Waals surface area contributed by atoms with Gasteiger partial charge in [0.15, 0.2) is 0 Å².